The lowest BCUT2D eigenvalue weighted by molar-refractivity contribution is 0.0717. The summed E-state index contributed by atoms with van der Waals surface area (Å²) in [6.45, 7) is 0.833. The molecule has 1 aromatic heterocycles. The van der Waals surface area contributed by atoms with Gasteiger partial charge in [-0.05, 0) is 25.3 Å². The van der Waals surface area contributed by atoms with Gasteiger partial charge in [0.1, 0.15) is 4.34 Å². The van der Waals surface area contributed by atoms with Crippen LogP contribution in [0.25, 0.3) is 0 Å². The second-order valence-electron chi connectivity index (χ2n) is 4.04. The first kappa shape index (κ1) is 13.1. The maximum Gasteiger partial charge on any atom is 0.256 e. The lowest BCUT2D eigenvalue weighted by atomic mass is 10.1. The van der Waals surface area contributed by atoms with Crippen LogP contribution in [-0.2, 0) is 0 Å². The Labute approximate surface area is 114 Å². The summed E-state index contributed by atoms with van der Waals surface area (Å²) in [4.78, 5) is 14.1. The molecule has 0 bridgehead atoms. The molecule has 1 aromatic rings. The number of halogens is 2. The highest BCUT2D eigenvalue weighted by atomic mass is 35.5. The molecule has 0 saturated carbocycles. The van der Waals surface area contributed by atoms with Crippen molar-refractivity contribution in [3.63, 3.8) is 0 Å². The molecule has 1 N–H and O–H groups in total. The Bertz CT molecular complexity index is 422. The molecule has 0 aromatic carbocycles. The highest BCUT2D eigenvalue weighted by molar-refractivity contribution is 7.20. The summed E-state index contributed by atoms with van der Waals surface area (Å²) < 4.78 is 0.964. The van der Waals surface area contributed by atoms with Crippen LogP contribution in [0.1, 0.15) is 29.6 Å². The summed E-state index contributed by atoms with van der Waals surface area (Å²) in [6, 6.07) is 1.74. The Balaban J connectivity index is 2.16. The minimum absolute atomic E-state index is 0.0749. The third kappa shape index (κ3) is 2.76. The summed E-state index contributed by atoms with van der Waals surface area (Å²) in [5.41, 5.74) is 0.478. The molecule has 6 heteroatoms. The zero-order valence-corrected chi connectivity index (χ0v) is 11.5. The van der Waals surface area contributed by atoms with Gasteiger partial charge in [0.05, 0.1) is 9.90 Å². The maximum absolute atomic E-state index is 12.3. The molecule has 2 heterocycles. The number of aliphatic hydroxyl groups excluding tert-OH is 1. The average Bonchev–Trinajstić information content (AvgIpc) is 2.85. The van der Waals surface area contributed by atoms with E-state index in [9.17, 15) is 4.79 Å². The van der Waals surface area contributed by atoms with Crippen LogP contribution in [0.2, 0.25) is 8.67 Å². The summed E-state index contributed by atoms with van der Waals surface area (Å²) in [7, 11) is 0. The fourth-order valence-corrected chi connectivity index (χ4v) is 3.64. The summed E-state index contributed by atoms with van der Waals surface area (Å²) in [5, 5.41) is 8.97. The molecule has 3 nitrogen and oxygen atoms in total. The van der Waals surface area contributed by atoms with Crippen LogP contribution in [0.3, 0.4) is 0 Å². The highest BCUT2D eigenvalue weighted by Gasteiger charge is 2.30. The number of nitrogens with zero attached hydrogens (tertiary/aromatic N) is 1. The number of amides is 1. The van der Waals surface area contributed by atoms with Crippen molar-refractivity contribution in [2.24, 2.45) is 0 Å². The summed E-state index contributed by atoms with van der Waals surface area (Å²) in [5.74, 6) is -0.0749. The molecule has 1 atom stereocenters. The lowest BCUT2D eigenvalue weighted by Gasteiger charge is -2.23. The first-order valence-electron chi connectivity index (χ1n) is 5.50. The smallest absolute Gasteiger partial charge is 0.256 e. The third-order valence-corrected chi connectivity index (χ3v) is 4.48. The van der Waals surface area contributed by atoms with Gasteiger partial charge in [-0.1, -0.05) is 23.2 Å². The molecule has 1 fully saturated rings. The summed E-state index contributed by atoms with van der Waals surface area (Å²) >= 11 is 13.0. The Hall–Kier alpha value is -0.290. The van der Waals surface area contributed by atoms with E-state index in [0.29, 0.717) is 20.7 Å². The van der Waals surface area contributed by atoms with Crippen molar-refractivity contribution in [3.05, 3.63) is 20.3 Å². The van der Waals surface area contributed by atoms with Crippen LogP contribution in [0.4, 0.5) is 0 Å². The maximum atomic E-state index is 12.3. The minimum Gasteiger partial charge on any atom is -0.396 e. The van der Waals surface area contributed by atoms with Crippen molar-refractivity contribution >= 4 is 40.4 Å². The van der Waals surface area contributed by atoms with Crippen LogP contribution in [0.5, 0.6) is 0 Å². The van der Waals surface area contributed by atoms with Crippen molar-refractivity contribution in [1.82, 2.24) is 4.90 Å². The van der Waals surface area contributed by atoms with Crippen LogP contribution in [-0.4, -0.2) is 35.1 Å². The molecular weight excluding hydrogens is 281 g/mol. The zero-order valence-electron chi connectivity index (χ0n) is 9.16. The quantitative estimate of drug-likeness (QED) is 0.931. The largest absolute Gasteiger partial charge is 0.396 e. The molecule has 1 unspecified atom stereocenters. The van der Waals surface area contributed by atoms with Crippen LogP contribution >= 0.6 is 34.5 Å². The molecule has 1 aliphatic heterocycles. The lowest BCUT2D eigenvalue weighted by Crippen LogP contribution is -2.35. The monoisotopic (exact) mass is 293 g/mol. The minimum atomic E-state index is -0.0749. The Morgan fingerprint density at radius 2 is 2.35 bits per heavy atom. The van der Waals surface area contributed by atoms with Crippen LogP contribution < -0.4 is 0 Å². The Morgan fingerprint density at radius 1 is 1.59 bits per heavy atom. The van der Waals surface area contributed by atoms with E-state index in [-0.39, 0.29) is 18.6 Å². The van der Waals surface area contributed by atoms with Crippen molar-refractivity contribution in [2.45, 2.75) is 25.3 Å². The van der Waals surface area contributed by atoms with Gasteiger partial charge in [0.25, 0.3) is 5.91 Å². The van der Waals surface area contributed by atoms with Crippen molar-refractivity contribution < 1.29 is 9.90 Å². The summed E-state index contributed by atoms with van der Waals surface area (Å²) in [6.07, 6.45) is 2.55. The van der Waals surface area contributed by atoms with Gasteiger partial charge in [0.15, 0.2) is 0 Å². The first-order chi connectivity index (χ1) is 8.13. The second-order valence-corrected chi connectivity index (χ2v) is 6.33. The fourth-order valence-electron chi connectivity index (χ4n) is 2.19. The van der Waals surface area contributed by atoms with Gasteiger partial charge in [0.2, 0.25) is 0 Å². The Morgan fingerprint density at radius 3 is 2.94 bits per heavy atom. The van der Waals surface area contributed by atoms with E-state index < -0.39 is 0 Å². The average molecular weight is 294 g/mol. The van der Waals surface area contributed by atoms with Crippen molar-refractivity contribution in [2.75, 3.05) is 13.2 Å². The molecular formula is C11H13Cl2NO2S. The molecule has 1 saturated heterocycles. The molecule has 2 rings (SSSR count). The van der Waals surface area contributed by atoms with E-state index in [4.69, 9.17) is 28.3 Å². The van der Waals surface area contributed by atoms with E-state index in [1.54, 1.807) is 11.0 Å². The molecule has 0 radical (unpaired) electrons. The SMILES string of the molecule is O=C(c1cc(Cl)sc1Cl)N1CCCC1CCO. The van der Waals surface area contributed by atoms with Gasteiger partial charge in [-0.15, -0.1) is 11.3 Å². The predicted molar refractivity (Wildman–Crippen MR) is 70.1 cm³/mol. The topological polar surface area (TPSA) is 40.5 Å². The van der Waals surface area contributed by atoms with Crippen molar-refractivity contribution in [1.29, 1.82) is 0 Å². The highest BCUT2D eigenvalue weighted by Crippen LogP contribution is 2.33. The van der Waals surface area contributed by atoms with E-state index in [2.05, 4.69) is 0 Å². The molecule has 17 heavy (non-hydrogen) atoms. The fraction of sp³-hybridized carbons (Fsp3) is 0.545. The standard InChI is InChI=1S/C11H13Cl2NO2S/c12-9-6-8(10(13)17-9)11(16)14-4-1-2-7(14)3-5-15/h6-7,15H,1-5H2. The molecule has 1 amide bonds. The van der Waals surface area contributed by atoms with Gasteiger partial charge in [-0.2, -0.15) is 0 Å². The second kappa shape index (κ2) is 5.57. The number of hydrogen-bond donors (Lipinski definition) is 1. The van der Waals surface area contributed by atoms with Gasteiger partial charge < -0.3 is 10.0 Å². The van der Waals surface area contributed by atoms with Gasteiger partial charge >= 0.3 is 0 Å². The van der Waals surface area contributed by atoms with E-state index in [0.717, 1.165) is 19.4 Å². The first-order valence-corrected chi connectivity index (χ1v) is 7.07. The molecule has 1 aliphatic rings. The normalized spacial score (nSPS) is 19.9. The number of carbonyl (C=O) groups excluding carboxylic acids is 1. The van der Waals surface area contributed by atoms with E-state index in [1.165, 1.54) is 11.3 Å². The number of likely N-dealkylation sites (tertiary alicyclic amines) is 1. The van der Waals surface area contributed by atoms with Crippen molar-refractivity contribution in [3.8, 4) is 0 Å². The number of hydrogen-bond acceptors (Lipinski definition) is 3. The Kier molecular flexibility index (Phi) is 4.31. The number of aliphatic hydroxyl groups is 1. The predicted octanol–water partition coefficient (Wildman–Crippen LogP) is 3.04. The number of thiophene rings is 1. The van der Waals surface area contributed by atoms with Gasteiger partial charge in [-0.25, -0.2) is 0 Å². The van der Waals surface area contributed by atoms with Crippen LogP contribution in [0, 0.1) is 0 Å². The van der Waals surface area contributed by atoms with Gasteiger partial charge in [0, 0.05) is 19.2 Å². The molecule has 0 spiro atoms. The van der Waals surface area contributed by atoms with Gasteiger partial charge in [-0.3, -0.25) is 4.79 Å². The molecule has 0 aliphatic carbocycles. The number of rotatable bonds is 3. The van der Waals surface area contributed by atoms with E-state index in [1.807, 2.05) is 0 Å². The molecule has 94 valence electrons. The van der Waals surface area contributed by atoms with Crippen LogP contribution in [0.15, 0.2) is 6.07 Å². The third-order valence-electron chi connectivity index (χ3n) is 2.99. The van der Waals surface area contributed by atoms with E-state index >= 15 is 0 Å². The zero-order chi connectivity index (χ0) is 12.4. The number of carbonyl (C=O) groups is 1.